The summed E-state index contributed by atoms with van der Waals surface area (Å²) in [6.07, 6.45) is 2.41. The zero-order valence-electron chi connectivity index (χ0n) is 7.60. The van der Waals surface area contributed by atoms with Crippen LogP contribution in [0, 0.1) is 6.92 Å². The van der Waals surface area contributed by atoms with Crippen molar-refractivity contribution in [2.45, 2.75) is 19.1 Å². The van der Waals surface area contributed by atoms with Gasteiger partial charge in [-0.15, -0.1) is 0 Å². The van der Waals surface area contributed by atoms with Gasteiger partial charge in [0, 0.05) is 12.7 Å². The van der Waals surface area contributed by atoms with E-state index >= 15 is 0 Å². The largest absolute Gasteiger partial charge is 0.372 e. The molecule has 68 valence electrons. The second-order valence-corrected chi connectivity index (χ2v) is 3.79. The summed E-state index contributed by atoms with van der Waals surface area (Å²) in [5, 5.41) is 0. The number of hydrogen-bond donors (Lipinski definition) is 0. The number of fused-ring (bicyclic) bond motifs is 1. The van der Waals surface area contributed by atoms with Gasteiger partial charge in [0.15, 0.2) is 0 Å². The Bertz CT molecular complexity index is 322. The lowest BCUT2D eigenvalue weighted by Crippen LogP contribution is -2.71. The molecule has 0 aromatic carbocycles. The van der Waals surface area contributed by atoms with E-state index in [1.54, 1.807) is 0 Å². The van der Waals surface area contributed by atoms with E-state index in [-0.39, 0.29) is 0 Å². The van der Waals surface area contributed by atoms with Crippen LogP contribution >= 0.6 is 0 Å². The van der Waals surface area contributed by atoms with Gasteiger partial charge >= 0.3 is 0 Å². The monoisotopic (exact) mass is 176 g/mol. The molecule has 3 heterocycles. The summed E-state index contributed by atoms with van der Waals surface area (Å²) in [6.45, 7) is 3.95. The molecule has 1 unspecified atom stereocenters. The molecule has 3 rings (SSSR count). The van der Waals surface area contributed by atoms with Gasteiger partial charge in [0.25, 0.3) is 0 Å². The molecule has 0 N–H and O–H groups in total. The van der Waals surface area contributed by atoms with E-state index < -0.39 is 0 Å². The summed E-state index contributed by atoms with van der Waals surface area (Å²) in [7, 11) is 0. The minimum atomic E-state index is 0.489. The van der Waals surface area contributed by atoms with Crippen LogP contribution in [0.5, 0.6) is 0 Å². The van der Waals surface area contributed by atoms with Crippen LogP contribution in [-0.2, 0) is 4.74 Å². The first-order chi connectivity index (χ1) is 6.34. The zero-order valence-corrected chi connectivity index (χ0v) is 7.60. The molecule has 2 saturated heterocycles. The first kappa shape index (κ1) is 7.33. The fraction of sp³-hybridized carbons (Fsp3) is 0.500. The third-order valence-electron chi connectivity index (χ3n) is 2.88. The minimum absolute atomic E-state index is 0.489. The zero-order chi connectivity index (χ0) is 8.84. The molecule has 0 aliphatic carbocycles. The second-order valence-electron chi connectivity index (χ2n) is 3.79. The van der Waals surface area contributed by atoms with Crippen LogP contribution in [0.3, 0.4) is 0 Å². The fourth-order valence-electron chi connectivity index (χ4n) is 1.87. The average molecular weight is 176 g/mol. The van der Waals surface area contributed by atoms with E-state index in [1.807, 2.05) is 6.20 Å². The Kier molecular flexibility index (Phi) is 1.38. The number of pyridine rings is 1. The van der Waals surface area contributed by atoms with Crippen LogP contribution in [-0.4, -0.2) is 30.3 Å². The molecular formula is C10H12N2O. The number of aryl methyl sites for hydroxylation is 1. The molecule has 3 heteroatoms. The third kappa shape index (κ3) is 0.968. The van der Waals surface area contributed by atoms with Crippen molar-refractivity contribution in [1.29, 1.82) is 0 Å². The Morgan fingerprint density at radius 3 is 2.92 bits per heavy atom. The maximum Gasteiger partial charge on any atom is 0.128 e. The average Bonchev–Trinajstić information content (AvgIpc) is 2.12. The SMILES string of the molecule is Cc1ccc(N2C[C@@H]3OCC32)nc1. The van der Waals surface area contributed by atoms with Crippen molar-refractivity contribution in [3.05, 3.63) is 23.9 Å². The molecular weight excluding hydrogens is 164 g/mol. The predicted molar refractivity (Wildman–Crippen MR) is 49.8 cm³/mol. The third-order valence-corrected chi connectivity index (χ3v) is 2.88. The normalized spacial score (nSPS) is 30.4. The van der Waals surface area contributed by atoms with Crippen LogP contribution in [0.25, 0.3) is 0 Å². The van der Waals surface area contributed by atoms with Crippen LogP contribution < -0.4 is 4.90 Å². The fourth-order valence-corrected chi connectivity index (χ4v) is 1.87. The lowest BCUT2D eigenvalue weighted by molar-refractivity contribution is -0.113. The van der Waals surface area contributed by atoms with E-state index in [0.717, 1.165) is 19.0 Å². The molecule has 0 saturated carbocycles. The maximum absolute atomic E-state index is 5.34. The molecule has 2 aliphatic heterocycles. The molecule has 1 aromatic rings. The van der Waals surface area contributed by atoms with Gasteiger partial charge in [0.05, 0.1) is 18.8 Å². The Hall–Kier alpha value is -1.09. The Labute approximate surface area is 77.3 Å². The molecule has 0 amide bonds. The summed E-state index contributed by atoms with van der Waals surface area (Å²) in [6, 6.07) is 4.80. The minimum Gasteiger partial charge on any atom is -0.372 e. The first-order valence-corrected chi connectivity index (χ1v) is 4.65. The highest BCUT2D eigenvalue weighted by Crippen LogP contribution is 2.33. The van der Waals surface area contributed by atoms with E-state index in [1.165, 1.54) is 5.56 Å². The standard InChI is InChI=1S/C10H12N2O/c1-7-2-3-10(11-4-7)12-5-9-8(12)6-13-9/h2-4,8-9H,5-6H2,1H3/t8?,9-/m0/s1. The van der Waals surface area contributed by atoms with Crippen molar-refractivity contribution in [3.8, 4) is 0 Å². The Morgan fingerprint density at radius 1 is 1.54 bits per heavy atom. The quantitative estimate of drug-likeness (QED) is 0.637. The first-order valence-electron chi connectivity index (χ1n) is 4.65. The Morgan fingerprint density at radius 2 is 2.46 bits per heavy atom. The van der Waals surface area contributed by atoms with Crippen molar-refractivity contribution in [3.63, 3.8) is 0 Å². The number of nitrogens with zero attached hydrogens (tertiary/aromatic N) is 2. The number of aromatic nitrogens is 1. The summed E-state index contributed by atoms with van der Waals surface area (Å²) < 4.78 is 5.34. The lowest BCUT2D eigenvalue weighted by Gasteiger charge is -2.55. The van der Waals surface area contributed by atoms with Crippen LogP contribution in [0.4, 0.5) is 5.82 Å². The van der Waals surface area contributed by atoms with Gasteiger partial charge in [-0.25, -0.2) is 4.98 Å². The summed E-state index contributed by atoms with van der Waals surface area (Å²) in [5.41, 5.74) is 1.21. The predicted octanol–water partition coefficient (Wildman–Crippen LogP) is 0.977. The Balaban J connectivity index is 1.81. The lowest BCUT2D eigenvalue weighted by atomic mass is 9.95. The van der Waals surface area contributed by atoms with Gasteiger partial charge in [0.1, 0.15) is 5.82 Å². The second kappa shape index (κ2) is 2.45. The molecule has 0 bridgehead atoms. The highest BCUT2D eigenvalue weighted by molar-refractivity contribution is 5.46. The molecule has 0 spiro atoms. The smallest absolute Gasteiger partial charge is 0.128 e. The number of ether oxygens (including phenoxy) is 1. The van der Waals surface area contributed by atoms with Gasteiger partial charge in [-0.3, -0.25) is 0 Å². The summed E-state index contributed by atoms with van der Waals surface area (Å²) in [4.78, 5) is 6.70. The molecule has 2 aliphatic rings. The van der Waals surface area contributed by atoms with Crippen molar-refractivity contribution in [2.24, 2.45) is 0 Å². The van der Waals surface area contributed by atoms with E-state index in [9.17, 15) is 0 Å². The van der Waals surface area contributed by atoms with Gasteiger partial charge in [-0.2, -0.15) is 0 Å². The molecule has 1 aromatic heterocycles. The molecule has 2 atom stereocenters. The van der Waals surface area contributed by atoms with Gasteiger partial charge in [-0.1, -0.05) is 6.07 Å². The van der Waals surface area contributed by atoms with Crippen molar-refractivity contribution >= 4 is 5.82 Å². The number of anilines is 1. The molecule has 3 nitrogen and oxygen atoms in total. The molecule has 13 heavy (non-hydrogen) atoms. The van der Waals surface area contributed by atoms with E-state index in [2.05, 4.69) is 28.9 Å². The molecule has 0 radical (unpaired) electrons. The van der Waals surface area contributed by atoms with Crippen LogP contribution in [0.2, 0.25) is 0 Å². The van der Waals surface area contributed by atoms with Gasteiger partial charge in [0.2, 0.25) is 0 Å². The van der Waals surface area contributed by atoms with E-state index in [4.69, 9.17) is 4.74 Å². The summed E-state index contributed by atoms with van der Waals surface area (Å²) in [5.74, 6) is 1.09. The van der Waals surface area contributed by atoms with E-state index in [0.29, 0.717) is 12.1 Å². The van der Waals surface area contributed by atoms with Gasteiger partial charge in [-0.05, 0) is 18.6 Å². The number of morpholine rings is 1. The van der Waals surface area contributed by atoms with Crippen LogP contribution in [0.15, 0.2) is 18.3 Å². The van der Waals surface area contributed by atoms with Crippen molar-refractivity contribution < 1.29 is 4.74 Å². The topological polar surface area (TPSA) is 25.4 Å². The van der Waals surface area contributed by atoms with Crippen molar-refractivity contribution in [1.82, 2.24) is 4.98 Å². The number of rotatable bonds is 1. The van der Waals surface area contributed by atoms with Crippen LogP contribution in [0.1, 0.15) is 5.56 Å². The summed E-state index contributed by atoms with van der Waals surface area (Å²) >= 11 is 0. The van der Waals surface area contributed by atoms with Crippen molar-refractivity contribution in [2.75, 3.05) is 18.1 Å². The highest BCUT2D eigenvalue weighted by atomic mass is 16.5. The number of hydrogen-bond acceptors (Lipinski definition) is 3. The van der Waals surface area contributed by atoms with Gasteiger partial charge < -0.3 is 9.64 Å². The maximum atomic E-state index is 5.34. The highest BCUT2D eigenvalue weighted by Gasteiger charge is 2.47. The molecule has 2 fully saturated rings.